The topological polar surface area (TPSA) is 54.0 Å². The van der Waals surface area contributed by atoms with E-state index in [1.807, 2.05) is 90.3 Å². The molecular formula is C23H18ClN3OS. The molecule has 4 nitrogen and oxygen atoms in total. The maximum atomic E-state index is 12.7. The normalized spacial score (nSPS) is 10.7. The fourth-order valence-electron chi connectivity index (χ4n) is 3.00. The number of nitrogens with zero attached hydrogens (tertiary/aromatic N) is 1. The van der Waals surface area contributed by atoms with Crippen molar-refractivity contribution in [1.82, 2.24) is 10.3 Å². The molecule has 0 atom stereocenters. The van der Waals surface area contributed by atoms with Crippen LogP contribution in [0.1, 0.15) is 17.2 Å². The van der Waals surface area contributed by atoms with E-state index in [-0.39, 0.29) is 12.1 Å². The zero-order valence-electron chi connectivity index (χ0n) is 15.4. The van der Waals surface area contributed by atoms with Crippen molar-refractivity contribution in [2.75, 3.05) is 5.32 Å². The Hall–Kier alpha value is -3.15. The van der Waals surface area contributed by atoms with Gasteiger partial charge in [-0.15, -0.1) is 11.3 Å². The first kappa shape index (κ1) is 19.2. The van der Waals surface area contributed by atoms with Crippen LogP contribution in [-0.4, -0.2) is 11.0 Å². The number of carbonyl (C=O) groups excluding carboxylic acids is 1. The molecule has 0 aliphatic heterocycles. The summed E-state index contributed by atoms with van der Waals surface area (Å²) in [5, 5.41) is 9.02. The van der Waals surface area contributed by atoms with Gasteiger partial charge in [0.15, 0.2) is 5.13 Å². The van der Waals surface area contributed by atoms with Gasteiger partial charge in [-0.3, -0.25) is 5.32 Å². The van der Waals surface area contributed by atoms with Crippen molar-refractivity contribution in [3.63, 3.8) is 0 Å². The van der Waals surface area contributed by atoms with Crippen molar-refractivity contribution in [3.8, 4) is 11.3 Å². The van der Waals surface area contributed by atoms with Crippen molar-refractivity contribution in [2.45, 2.75) is 6.04 Å². The van der Waals surface area contributed by atoms with Crippen LogP contribution < -0.4 is 10.6 Å². The van der Waals surface area contributed by atoms with E-state index in [4.69, 9.17) is 11.6 Å². The second-order valence-electron chi connectivity index (χ2n) is 6.40. The molecule has 0 saturated heterocycles. The van der Waals surface area contributed by atoms with Crippen LogP contribution in [0, 0.1) is 0 Å². The Labute approximate surface area is 178 Å². The van der Waals surface area contributed by atoms with Crippen molar-refractivity contribution < 1.29 is 4.79 Å². The highest BCUT2D eigenvalue weighted by atomic mass is 35.5. The second-order valence-corrected chi connectivity index (χ2v) is 7.69. The van der Waals surface area contributed by atoms with Crippen molar-refractivity contribution in [1.29, 1.82) is 0 Å². The lowest BCUT2D eigenvalue weighted by Crippen LogP contribution is -2.33. The third kappa shape index (κ3) is 4.83. The van der Waals surface area contributed by atoms with Gasteiger partial charge in [0.05, 0.1) is 11.7 Å². The lowest BCUT2D eigenvalue weighted by atomic mass is 9.99. The maximum Gasteiger partial charge on any atom is 0.321 e. The first-order valence-corrected chi connectivity index (χ1v) is 10.3. The molecule has 6 heteroatoms. The Bertz CT molecular complexity index is 1040. The number of carbonyl (C=O) groups is 1. The molecule has 29 heavy (non-hydrogen) atoms. The van der Waals surface area contributed by atoms with Crippen molar-refractivity contribution in [3.05, 3.63) is 106 Å². The molecule has 0 spiro atoms. The number of aromatic nitrogens is 1. The predicted molar refractivity (Wildman–Crippen MR) is 119 cm³/mol. The number of urea groups is 1. The largest absolute Gasteiger partial charge is 0.327 e. The van der Waals surface area contributed by atoms with Gasteiger partial charge in [0.1, 0.15) is 0 Å². The molecule has 1 aromatic heterocycles. The number of benzene rings is 3. The minimum Gasteiger partial charge on any atom is -0.327 e. The molecule has 0 saturated carbocycles. The van der Waals surface area contributed by atoms with E-state index in [1.165, 1.54) is 11.3 Å². The van der Waals surface area contributed by atoms with Crippen molar-refractivity contribution >= 4 is 34.1 Å². The summed E-state index contributed by atoms with van der Waals surface area (Å²) in [5.74, 6) is 0. The summed E-state index contributed by atoms with van der Waals surface area (Å²) in [6.07, 6.45) is 0. The summed E-state index contributed by atoms with van der Waals surface area (Å²) in [7, 11) is 0. The maximum absolute atomic E-state index is 12.7. The van der Waals surface area contributed by atoms with Gasteiger partial charge in [0, 0.05) is 16.0 Å². The molecule has 1 heterocycles. The van der Waals surface area contributed by atoms with Crippen LogP contribution in [0.2, 0.25) is 5.02 Å². The third-order valence-electron chi connectivity index (χ3n) is 4.41. The van der Waals surface area contributed by atoms with Crippen LogP contribution >= 0.6 is 22.9 Å². The van der Waals surface area contributed by atoms with Crippen molar-refractivity contribution in [2.24, 2.45) is 0 Å². The number of anilines is 1. The average Bonchev–Trinajstić information content (AvgIpc) is 3.22. The number of amides is 2. The summed E-state index contributed by atoms with van der Waals surface area (Å²) in [6.45, 7) is 0. The first-order valence-electron chi connectivity index (χ1n) is 9.08. The standard InChI is InChI=1S/C23H18ClN3OS/c24-19-13-11-16(12-14-19)20-15-29-23(25-20)27-22(28)26-21(17-7-3-1-4-8-17)18-9-5-2-6-10-18/h1-15,21H,(H2,25,26,27,28). The molecule has 0 fully saturated rings. The molecule has 0 radical (unpaired) electrons. The minimum atomic E-state index is -0.306. The molecule has 0 aliphatic rings. The zero-order valence-corrected chi connectivity index (χ0v) is 17.0. The van der Waals surface area contributed by atoms with E-state index in [0.717, 1.165) is 22.4 Å². The molecule has 0 bridgehead atoms. The first-order chi connectivity index (χ1) is 14.2. The molecule has 144 valence electrons. The zero-order chi connectivity index (χ0) is 20.1. The Morgan fingerprint density at radius 3 is 2.03 bits per heavy atom. The minimum absolute atomic E-state index is 0.256. The summed E-state index contributed by atoms with van der Waals surface area (Å²) in [5.41, 5.74) is 3.76. The molecule has 4 rings (SSSR count). The molecule has 3 aromatic carbocycles. The average molecular weight is 420 g/mol. The Morgan fingerprint density at radius 1 is 0.862 bits per heavy atom. The van der Waals surface area contributed by atoms with E-state index >= 15 is 0 Å². The highest BCUT2D eigenvalue weighted by Gasteiger charge is 2.17. The van der Waals surface area contributed by atoms with Gasteiger partial charge in [-0.1, -0.05) is 84.4 Å². The van der Waals surface area contributed by atoms with Crippen LogP contribution in [-0.2, 0) is 0 Å². The van der Waals surface area contributed by atoms with E-state index in [0.29, 0.717) is 10.2 Å². The number of nitrogens with one attached hydrogen (secondary N) is 2. The number of hydrogen-bond donors (Lipinski definition) is 2. The predicted octanol–water partition coefficient (Wildman–Crippen LogP) is 6.37. The fourth-order valence-corrected chi connectivity index (χ4v) is 3.84. The van der Waals surface area contributed by atoms with Gasteiger partial charge in [0.2, 0.25) is 0 Å². The van der Waals surface area contributed by atoms with Crippen LogP contribution in [0.5, 0.6) is 0 Å². The molecule has 2 N–H and O–H groups in total. The molecule has 0 unspecified atom stereocenters. The van der Waals surface area contributed by atoms with Crippen LogP contribution in [0.15, 0.2) is 90.3 Å². The number of halogens is 1. The summed E-state index contributed by atoms with van der Waals surface area (Å²) < 4.78 is 0. The van der Waals surface area contributed by atoms with Crippen LogP contribution in [0.4, 0.5) is 9.93 Å². The van der Waals surface area contributed by atoms with Crippen LogP contribution in [0.3, 0.4) is 0 Å². The van der Waals surface area contributed by atoms with Gasteiger partial charge >= 0.3 is 6.03 Å². The summed E-state index contributed by atoms with van der Waals surface area (Å²) in [4.78, 5) is 17.2. The van der Waals surface area contributed by atoms with E-state index < -0.39 is 0 Å². The van der Waals surface area contributed by atoms with Gasteiger partial charge < -0.3 is 5.32 Å². The van der Waals surface area contributed by atoms with E-state index in [9.17, 15) is 4.79 Å². The highest BCUT2D eigenvalue weighted by Crippen LogP contribution is 2.26. The summed E-state index contributed by atoms with van der Waals surface area (Å²) >= 11 is 7.32. The molecule has 0 aliphatic carbocycles. The number of thiazole rings is 1. The lowest BCUT2D eigenvalue weighted by molar-refractivity contribution is 0.250. The highest BCUT2D eigenvalue weighted by molar-refractivity contribution is 7.14. The van der Waals surface area contributed by atoms with E-state index in [2.05, 4.69) is 15.6 Å². The third-order valence-corrected chi connectivity index (χ3v) is 5.42. The number of hydrogen-bond acceptors (Lipinski definition) is 3. The monoisotopic (exact) mass is 419 g/mol. The number of rotatable bonds is 5. The summed E-state index contributed by atoms with van der Waals surface area (Å²) in [6, 6.07) is 26.7. The Balaban J connectivity index is 1.49. The lowest BCUT2D eigenvalue weighted by Gasteiger charge is -2.19. The smallest absolute Gasteiger partial charge is 0.321 e. The van der Waals surface area contributed by atoms with Gasteiger partial charge in [-0.05, 0) is 23.3 Å². The second kappa shape index (κ2) is 8.90. The Kier molecular flexibility index (Phi) is 5.89. The SMILES string of the molecule is O=C(Nc1nc(-c2ccc(Cl)cc2)cs1)NC(c1ccccc1)c1ccccc1. The van der Waals surface area contributed by atoms with E-state index in [1.54, 1.807) is 0 Å². The van der Waals surface area contributed by atoms with Gasteiger partial charge in [0.25, 0.3) is 0 Å². The fraction of sp³-hybridized carbons (Fsp3) is 0.0435. The molecule has 2 amide bonds. The van der Waals surface area contributed by atoms with Crippen LogP contribution in [0.25, 0.3) is 11.3 Å². The molecular weight excluding hydrogens is 402 g/mol. The quantitative estimate of drug-likeness (QED) is 0.394. The van der Waals surface area contributed by atoms with Gasteiger partial charge in [-0.25, -0.2) is 9.78 Å². The molecule has 4 aromatic rings. The Morgan fingerprint density at radius 2 is 1.45 bits per heavy atom. The van der Waals surface area contributed by atoms with Gasteiger partial charge in [-0.2, -0.15) is 0 Å².